The van der Waals surface area contributed by atoms with Crippen molar-refractivity contribution >= 4 is 12.4 Å². The van der Waals surface area contributed by atoms with Crippen LogP contribution in [0.25, 0.3) is 0 Å². The molecule has 2 aliphatic rings. The molecule has 15 heavy (non-hydrogen) atoms. The van der Waals surface area contributed by atoms with Crippen LogP contribution in [0, 0.1) is 0 Å². The summed E-state index contributed by atoms with van der Waals surface area (Å²) in [5.74, 6) is 2.26. The lowest BCUT2D eigenvalue weighted by Gasteiger charge is -2.18. The van der Waals surface area contributed by atoms with E-state index in [9.17, 15) is 0 Å². The topological polar surface area (TPSA) is 44.5 Å². The molecule has 1 heterocycles. The zero-order valence-electron chi connectivity index (χ0n) is 8.31. The molecule has 1 fully saturated rings. The van der Waals surface area contributed by atoms with Gasteiger partial charge in [0.05, 0.1) is 0 Å². The molecule has 82 valence electrons. The fraction of sp³-hybridized carbons (Fsp3) is 0.455. The molecule has 1 aliphatic heterocycles. The van der Waals surface area contributed by atoms with Crippen LogP contribution in [0.4, 0.5) is 0 Å². The summed E-state index contributed by atoms with van der Waals surface area (Å²) in [4.78, 5) is 0. The first kappa shape index (κ1) is 10.6. The minimum Gasteiger partial charge on any atom is -0.486 e. The third-order valence-corrected chi connectivity index (χ3v) is 2.83. The Labute approximate surface area is 95.0 Å². The summed E-state index contributed by atoms with van der Waals surface area (Å²) in [6.45, 7) is 1.29. The van der Waals surface area contributed by atoms with Crippen molar-refractivity contribution in [2.24, 2.45) is 5.73 Å². The van der Waals surface area contributed by atoms with Crippen LogP contribution in [0.5, 0.6) is 11.5 Å². The molecule has 0 radical (unpaired) electrons. The van der Waals surface area contributed by atoms with E-state index in [1.165, 1.54) is 5.56 Å². The standard InChI is InChI=1S/C11H13NO2.ClH/c12-9-6-8(9)7-1-2-10-11(5-7)14-4-3-13-10;/h1-2,5,8-9H,3-4,6,12H2;1H. The summed E-state index contributed by atoms with van der Waals surface area (Å²) in [6.07, 6.45) is 1.10. The summed E-state index contributed by atoms with van der Waals surface area (Å²) in [7, 11) is 0. The Kier molecular flexibility index (Phi) is 2.76. The molecule has 1 aromatic rings. The van der Waals surface area contributed by atoms with Crippen molar-refractivity contribution in [1.82, 2.24) is 0 Å². The Morgan fingerprint density at radius 1 is 1.13 bits per heavy atom. The van der Waals surface area contributed by atoms with E-state index in [2.05, 4.69) is 12.1 Å². The van der Waals surface area contributed by atoms with E-state index in [1.807, 2.05) is 6.07 Å². The fourth-order valence-corrected chi connectivity index (χ4v) is 1.89. The number of fused-ring (bicyclic) bond motifs is 1. The van der Waals surface area contributed by atoms with Crippen LogP contribution in [0.2, 0.25) is 0 Å². The molecule has 4 heteroatoms. The quantitative estimate of drug-likeness (QED) is 0.794. The van der Waals surface area contributed by atoms with Crippen molar-refractivity contribution < 1.29 is 9.47 Å². The summed E-state index contributed by atoms with van der Waals surface area (Å²) >= 11 is 0. The molecule has 2 N–H and O–H groups in total. The second-order valence-corrected chi connectivity index (χ2v) is 3.91. The Hall–Kier alpha value is -0.930. The predicted octanol–water partition coefficient (Wildman–Crippen LogP) is 1.69. The summed E-state index contributed by atoms with van der Waals surface area (Å²) in [5.41, 5.74) is 7.08. The minimum absolute atomic E-state index is 0. The molecule has 2 unspecified atom stereocenters. The van der Waals surface area contributed by atoms with Crippen LogP contribution in [0.1, 0.15) is 17.9 Å². The van der Waals surface area contributed by atoms with Crippen molar-refractivity contribution in [3.63, 3.8) is 0 Å². The molecule has 1 aromatic carbocycles. The molecule has 0 amide bonds. The van der Waals surface area contributed by atoms with Crippen LogP contribution in [0.3, 0.4) is 0 Å². The lowest BCUT2D eigenvalue weighted by Crippen LogP contribution is -2.15. The molecular formula is C11H14ClNO2. The molecule has 0 spiro atoms. The maximum Gasteiger partial charge on any atom is 0.161 e. The third-order valence-electron chi connectivity index (χ3n) is 2.83. The molecule has 1 aliphatic carbocycles. The Bertz CT molecular complexity index is 370. The van der Waals surface area contributed by atoms with E-state index in [-0.39, 0.29) is 12.4 Å². The van der Waals surface area contributed by atoms with Gasteiger partial charge in [-0.2, -0.15) is 0 Å². The van der Waals surface area contributed by atoms with Crippen molar-refractivity contribution in [2.45, 2.75) is 18.4 Å². The second kappa shape index (κ2) is 3.91. The van der Waals surface area contributed by atoms with Crippen LogP contribution in [0.15, 0.2) is 18.2 Å². The average Bonchev–Trinajstić information content (AvgIpc) is 2.95. The minimum atomic E-state index is 0. The maximum atomic E-state index is 5.80. The largest absolute Gasteiger partial charge is 0.486 e. The molecule has 3 rings (SSSR count). The molecule has 2 atom stereocenters. The van der Waals surface area contributed by atoms with Crippen LogP contribution in [-0.2, 0) is 0 Å². The third kappa shape index (κ3) is 1.90. The number of rotatable bonds is 1. The van der Waals surface area contributed by atoms with Gasteiger partial charge in [0.2, 0.25) is 0 Å². The van der Waals surface area contributed by atoms with Crippen LogP contribution >= 0.6 is 12.4 Å². The van der Waals surface area contributed by atoms with E-state index < -0.39 is 0 Å². The first-order valence-electron chi connectivity index (χ1n) is 5.00. The zero-order valence-corrected chi connectivity index (χ0v) is 9.13. The summed E-state index contributed by atoms with van der Waals surface area (Å²) < 4.78 is 11.0. The highest BCUT2D eigenvalue weighted by Gasteiger charge is 2.35. The van der Waals surface area contributed by atoms with Gasteiger partial charge in [-0.3, -0.25) is 0 Å². The smallest absolute Gasteiger partial charge is 0.161 e. The molecule has 0 saturated heterocycles. The monoisotopic (exact) mass is 227 g/mol. The fourth-order valence-electron chi connectivity index (χ4n) is 1.89. The van der Waals surface area contributed by atoms with Gasteiger partial charge in [0, 0.05) is 12.0 Å². The highest BCUT2D eigenvalue weighted by molar-refractivity contribution is 5.85. The van der Waals surface area contributed by atoms with Crippen molar-refractivity contribution in [3.05, 3.63) is 23.8 Å². The van der Waals surface area contributed by atoms with Gasteiger partial charge in [-0.05, 0) is 24.1 Å². The summed E-state index contributed by atoms with van der Waals surface area (Å²) in [5, 5.41) is 0. The van der Waals surface area contributed by atoms with Gasteiger partial charge in [0.25, 0.3) is 0 Å². The molecule has 3 nitrogen and oxygen atoms in total. The Morgan fingerprint density at radius 3 is 2.47 bits per heavy atom. The predicted molar refractivity (Wildman–Crippen MR) is 60.0 cm³/mol. The maximum absolute atomic E-state index is 5.80. The number of hydrogen-bond donors (Lipinski definition) is 1. The van der Waals surface area contributed by atoms with Gasteiger partial charge in [0.1, 0.15) is 13.2 Å². The first-order chi connectivity index (χ1) is 6.84. The van der Waals surface area contributed by atoms with Gasteiger partial charge >= 0.3 is 0 Å². The van der Waals surface area contributed by atoms with Crippen molar-refractivity contribution in [3.8, 4) is 11.5 Å². The van der Waals surface area contributed by atoms with Gasteiger partial charge in [-0.1, -0.05) is 6.07 Å². The summed E-state index contributed by atoms with van der Waals surface area (Å²) in [6, 6.07) is 6.48. The lowest BCUT2D eigenvalue weighted by molar-refractivity contribution is 0.171. The molecular weight excluding hydrogens is 214 g/mol. The number of ether oxygens (including phenoxy) is 2. The Balaban J connectivity index is 0.000000853. The number of nitrogens with two attached hydrogens (primary N) is 1. The zero-order chi connectivity index (χ0) is 9.54. The molecule has 1 saturated carbocycles. The van der Waals surface area contributed by atoms with E-state index in [4.69, 9.17) is 15.2 Å². The molecule has 0 aromatic heterocycles. The van der Waals surface area contributed by atoms with Crippen molar-refractivity contribution in [1.29, 1.82) is 0 Å². The van der Waals surface area contributed by atoms with E-state index in [0.29, 0.717) is 25.2 Å². The SMILES string of the molecule is Cl.NC1CC1c1ccc2c(c1)OCCO2. The number of halogens is 1. The average molecular weight is 228 g/mol. The van der Waals surface area contributed by atoms with E-state index in [0.717, 1.165) is 17.9 Å². The number of hydrogen-bond acceptors (Lipinski definition) is 3. The van der Waals surface area contributed by atoms with Gasteiger partial charge in [-0.15, -0.1) is 12.4 Å². The lowest BCUT2D eigenvalue weighted by atomic mass is 10.1. The van der Waals surface area contributed by atoms with Crippen molar-refractivity contribution in [2.75, 3.05) is 13.2 Å². The van der Waals surface area contributed by atoms with Crippen LogP contribution in [-0.4, -0.2) is 19.3 Å². The van der Waals surface area contributed by atoms with Crippen LogP contribution < -0.4 is 15.2 Å². The highest BCUT2D eigenvalue weighted by atomic mass is 35.5. The Morgan fingerprint density at radius 2 is 1.80 bits per heavy atom. The van der Waals surface area contributed by atoms with Gasteiger partial charge in [0.15, 0.2) is 11.5 Å². The van der Waals surface area contributed by atoms with Gasteiger partial charge < -0.3 is 15.2 Å². The normalized spacial score (nSPS) is 26.7. The number of benzene rings is 1. The van der Waals surface area contributed by atoms with Gasteiger partial charge in [-0.25, -0.2) is 0 Å². The molecule has 0 bridgehead atoms. The second-order valence-electron chi connectivity index (χ2n) is 3.91. The van der Waals surface area contributed by atoms with E-state index in [1.54, 1.807) is 0 Å². The first-order valence-corrected chi connectivity index (χ1v) is 5.00. The highest BCUT2D eigenvalue weighted by Crippen LogP contribution is 2.42. The van der Waals surface area contributed by atoms with E-state index >= 15 is 0 Å².